The molecule has 0 N–H and O–H groups in total. The second-order valence-corrected chi connectivity index (χ2v) is 27.1. The number of hydrogen-bond acceptors (Lipinski definition) is 8. The highest BCUT2D eigenvalue weighted by Crippen LogP contribution is 2.54. The van der Waals surface area contributed by atoms with Crippen molar-refractivity contribution in [2.24, 2.45) is 0 Å². The first-order valence-electron chi connectivity index (χ1n) is 25.4. The summed E-state index contributed by atoms with van der Waals surface area (Å²) in [6.07, 6.45) is 43.6. The van der Waals surface area contributed by atoms with Crippen LogP contribution in [0.3, 0.4) is 0 Å². The molecule has 2 aliphatic rings. The Kier molecular flexibility index (Phi) is 23.5. The monoisotopic (exact) mass is 1030 g/mol. The van der Waals surface area contributed by atoms with Crippen molar-refractivity contribution in [2.75, 3.05) is 0 Å². The van der Waals surface area contributed by atoms with E-state index in [1.165, 1.54) is 172 Å². The lowest BCUT2D eigenvalue weighted by atomic mass is 10.1. The Hall–Kier alpha value is -1.62. The molecule has 0 bridgehead atoms. The van der Waals surface area contributed by atoms with Gasteiger partial charge in [0.2, 0.25) is 0 Å². The normalized spacial score (nSPS) is 14.7. The molecular weight excluding hydrogens is 953 g/mol. The molecule has 8 heteroatoms. The summed E-state index contributed by atoms with van der Waals surface area (Å²) in [6.45, 7) is 18.5. The third-order valence-corrected chi connectivity index (χ3v) is 21.5. The number of allylic oxidation sites excluding steroid dienone is 4. The van der Waals surface area contributed by atoms with E-state index in [1.807, 2.05) is 92.4 Å². The van der Waals surface area contributed by atoms with Crippen molar-refractivity contribution in [2.45, 2.75) is 184 Å². The molecular formula is C58H76S8. The Morgan fingerprint density at radius 1 is 0.303 bits per heavy atom. The van der Waals surface area contributed by atoms with Crippen molar-refractivity contribution >= 4 is 141 Å². The molecule has 0 unspecified atom stereocenters. The molecule has 0 atom stereocenters. The average molecular weight is 1030 g/mol. The minimum atomic E-state index is 1.14. The summed E-state index contributed by atoms with van der Waals surface area (Å²) in [5.41, 5.74) is 6.02. The molecule has 4 aromatic heterocycles. The molecule has 0 aromatic carbocycles. The van der Waals surface area contributed by atoms with Crippen LogP contribution in [0.4, 0.5) is 0 Å². The molecule has 6 heterocycles. The highest BCUT2D eigenvalue weighted by atomic mass is 32.2. The number of hydrogen-bond donors (Lipinski definition) is 0. The average Bonchev–Trinajstić information content (AvgIpc) is 4.18. The summed E-state index contributed by atoms with van der Waals surface area (Å²) in [5.74, 6) is 0. The highest BCUT2D eigenvalue weighted by Gasteiger charge is 2.22. The maximum absolute atomic E-state index is 2.49. The van der Waals surface area contributed by atoms with Crippen LogP contribution in [0.1, 0.15) is 219 Å². The maximum Gasteiger partial charge on any atom is 0.0506 e. The minimum Gasteiger partial charge on any atom is -0.136 e. The third-order valence-electron chi connectivity index (χ3n) is 11.8. The lowest BCUT2D eigenvalue weighted by molar-refractivity contribution is 0.796. The molecule has 356 valence electrons. The summed E-state index contributed by atoms with van der Waals surface area (Å²) in [7, 11) is 0. The van der Waals surface area contributed by atoms with Crippen molar-refractivity contribution in [3.63, 3.8) is 0 Å². The van der Waals surface area contributed by atoms with Gasteiger partial charge in [-0.15, -0.1) is 45.3 Å². The quantitative estimate of drug-likeness (QED) is 0.0556. The minimum absolute atomic E-state index is 1.14. The van der Waals surface area contributed by atoms with Gasteiger partial charge in [0.1, 0.15) is 0 Å². The van der Waals surface area contributed by atoms with Gasteiger partial charge in [-0.05, 0) is 172 Å². The fourth-order valence-corrected chi connectivity index (χ4v) is 18.5. The lowest BCUT2D eigenvalue weighted by Gasteiger charge is -2.00. The first-order chi connectivity index (χ1) is 32.3. The zero-order chi connectivity index (χ0) is 46.7. The van der Waals surface area contributed by atoms with Gasteiger partial charge in [0.05, 0.1) is 8.47 Å². The van der Waals surface area contributed by atoms with E-state index in [0.717, 1.165) is 25.7 Å². The smallest absolute Gasteiger partial charge is 0.0506 e. The van der Waals surface area contributed by atoms with E-state index >= 15 is 0 Å². The topological polar surface area (TPSA) is 0 Å². The molecule has 0 saturated heterocycles. The number of rotatable bonds is 28. The van der Waals surface area contributed by atoms with Gasteiger partial charge in [0.25, 0.3) is 0 Å². The Morgan fingerprint density at radius 3 is 0.818 bits per heavy atom. The SMILES string of the molecule is CCCCc1cc(C=C2SC(CCC)=C(CCC)S2)sc1/C=C/c1sc(/C=C/c2cc(CCCC)c(/C=C/c3sc(C=C4SC(CCC)=C(CCC)S4)cc3CCCC)s2)cc1CCCC. The van der Waals surface area contributed by atoms with E-state index in [4.69, 9.17) is 0 Å². The van der Waals surface area contributed by atoms with Crippen LogP contribution in [0.25, 0.3) is 48.6 Å². The first-order valence-corrected chi connectivity index (χ1v) is 32.0. The van der Waals surface area contributed by atoms with Crippen LogP contribution in [0, 0.1) is 0 Å². The van der Waals surface area contributed by atoms with Crippen LogP contribution in [-0.2, 0) is 25.7 Å². The molecule has 6 rings (SSSR count). The number of aryl methyl sites for hydroxylation is 4. The molecule has 0 aliphatic carbocycles. The number of thiophene rings is 4. The van der Waals surface area contributed by atoms with Crippen molar-refractivity contribution in [3.8, 4) is 0 Å². The van der Waals surface area contributed by atoms with E-state index < -0.39 is 0 Å². The predicted molar refractivity (Wildman–Crippen MR) is 319 cm³/mol. The van der Waals surface area contributed by atoms with Crippen molar-refractivity contribution in [1.82, 2.24) is 0 Å². The number of unbranched alkanes of at least 4 members (excludes halogenated alkanes) is 4. The molecule has 0 fully saturated rings. The standard InChI is InChI=1S/C58H76S8/c1-9-17-25-41-35-45(59-49(41)31-33-51-43(27-19-11-3)37-47(61-51)39-57-63-53(21-13-5)54(64-57)22-14-6)29-30-46-36-42(26-18-10-2)50(60-46)32-34-52-44(28-20-12-4)38-48(62-52)40-58-65-55(23-15-7)56(66-58)24-16-8/h29-40H,9-28H2,1-8H3/b30-29+,33-31+,34-32+. The van der Waals surface area contributed by atoms with Gasteiger partial charge in [-0.25, -0.2) is 0 Å². The van der Waals surface area contributed by atoms with Gasteiger partial charge in [-0.1, -0.05) is 154 Å². The Morgan fingerprint density at radius 2 is 0.561 bits per heavy atom. The molecule has 4 aromatic rings. The molecule has 0 nitrogen and oxygen atoms in total. The molecule has 0 saturated carbocycles. The van der Waals surface area contributed by atoms with Gasteiger partial charge >= 0.3 is 0 Å². The zero-order valence-electron chi connectivity index (χ0n) is 41.3. The molecule has 66 heavy (non-hydrogen) atoms. The largest absolute Gasteiger partial charge is 0.136 e. The summed E-state index contributed by atoms with van der Waals surface area (Å²) in [5, 5.41) is 0. The lowest BCUT2D eigenvalue weighted by Crippen LogP contribution is -1.85. The second-order valence-electron chi connectivity index (χ2n) is 17.6. The summed E-state index contributed by atoms with van der Waals surface area (Å²) in [4.78, 5) is 17.7. The fourth-order valence-electron chi connectivity index (χ4n) is 8.22. The fraction of sp³-hybridized carbons (Fsp3) is 0.483. The second kappa shape index (κ2) is 28.9. The van der Waals surface area contributed by atoms with Gasteiger partial charge in [0, 0.05) is 58.6 Å². The van der Waals surface area contributed by atoms with Crippen molar-refractivity contribution in [3.05, 3.63) is 114 Å². The Bertz CT molecular complexity index is 2170. The first kappa shape index (κ1) is 53.7. The zero-order valence-corrected chi connectivity index (χ0v) is 47.9. The predicted octanol–water partition coefficient (Wildman–Crippen LogP) is 23.0. The van der Waals surface area contributed by atoms with Crippen LogP contribution in [0.5, 0.6) is 0 Å². The molecule has 0 spiro atoms. The van der Waals surface area contributed by atoms with E-state index in [2.05, 4.69) is 128 Å². The van der Waals surface area contributed by atoms with E-state index in [0.29, 0.717) is 0 Å². The Balaban J connectivity index is 1.22. The Labute approximate surface area is 434 Å². The van der Waals surface area contributed by atoms with Crippen LogP contribution in [0.15, 0.2) is 52.4 Å². The summed E-state index contributed by atoms with van der Waals surface area (Å²) < 4.78 is 2.92. The molecule has 2 aliphatic heterocycles. The van der Waals surface area contributed by atoms with Crippen LogP contribution < -0.4 is 0 Å². The van der Waals surface area contributed by atoms with Crippen molar-refractivity contribution in [1.29, 1.82) is 0 Å². The van der Waals surface area contributed by atoms with Crippen molar-refractivity contribution < 1.29 is 0 Å². The third kappa shape index (κ3) is 16.0. The van der Waals surface area contributed by atoms with Gasteiger partial charge in [0.15, 0.2) is 0 Å². The number of thioether (sulfide) groups is 4. The summed E-state index contributed by atoms with van der Waals surface area (Å²) in [6, 6.07) is 9.93. The van der Waals surface area contributed by atoms with E-state index in [-0.39, 0.29) is 0 Å². The van der Waals surface area contributed by atoms with Gasteiger partial charge in [-0.2, -0.15) is 0 Å². The molecule has 0 radical (unpaired) electrons. The van der Waals surface area contributed by atoms with E-state index in [9.17, 15) is 0 Å². The van der Waals surface area contributed by atoms with Gasteiger partial charge < -0.3 is 0 Å². The van der Waals surface area contributed by atoms with Gasteiger partial charge in [-0.3, -0.25) is 0 Å². The maximum atomic E-state index is 2.49. The van der Waals surface area contributed by atoms with Crippen LogP contribution in [-0.4, -0.2) is 0 Å². The molecule has 0 amide bonds. The van der Waals surface area contributed by atoms with Crippen LogP contribution >= 0.6 is 92.4 Å². The van der Waals surface area contributed by atoms with E-state index in [1.54, 1.807) is 19.6 Å². The van der Waals surface area contributed by atoms with Crippen LogP contribution in [0.2, 0.25) is 0 Å². The summed E-state index contributed by atoms with van der Waals surface area (Å²) >= 11 is 16.0. The highest BCUT2D eigenvalue weighted by molar-refractivity contribution is 8.29.